The highest BCUT2D eigenvalue weighted by Crippen LogP contribution is 2.14. The summed E-state index contributed by atoms with van der Waals surface area (Å²) in [4.78, 5) is 13.7. The molecule has 2 aromatic rings. The molecule has 0 atom stereocenters. The van der Waals surface area contributed by atoms with E-state index >= 15 is 0 Å². The normalized spacial score (nSPS) is 10.6. The summed E-state index contributed by atoms with van der Waals surface area (Å²) in [7, 11) is 3.33. The minimum absolute atomic E-state index is 0.0779. The Morgan fingerprint density at radius 2 is 1.77 bits per heavy atom. The number of amides is 1. The highest BCUT2D eigenvalue weighted by atomic mass is 16.7. The van der Waals surface area contributed by atoms with Gasteiger partial charge < -0.3 is 14.4 Å². The molecule has 22 heavy (non-hydrogen) atoms. The predicted octanol–water partition coefficient (Wildman–Crippen LogP) is 3.35. The van der Waals surface area contributed by atoms with Crippen LogP contribution in [0, 0.1) is 0 Å². The third-order valence-corrected chi connectivity index (χ3v) is 3.12. The van der Waals surface area contributed by atoms with E-state index in [-0.39, 0.29) is 12.7 Å². The molecule has 4 nitrogen and oxygen atoms in total. The third-order valence-electron chi connectivity index (χ3n) is 3.12. The van der Waals surface area contributed by atoms with E-state index in [1.165, 1.54) is 0 Å². The van der Waals surface area contributed by atoms with Crippen LogP contribution in [0.5, 0.6) is 5.75 Å². The van der Waals surface area contributed by atoms with Gasteiger partial charge in [-0.05, 0) is 35.9 Å². The zero-order valence-corrected chi connectivity index (χ0v) is 12.7. The predicted molar refractivity (Wildman–Crippen MR) is 87.8 cm³/mol. The van der Waals surface area contributed by atoms with E-state index in [1.54, 1.807) is 31.2 Å². The van der Waals surface area contributed by atoms with Crippen LogP contribution in [0.15, 0.2) is 60.7 Å². The van der Waals surface area contributed by atoms with Gasteiger partial charge in [-0.3, -0.25) is 4.79 Å². The second-order valence-corrected chi connectivity index (χ2v) is 4.69. The maximum Gasteiger partial charge on any atom is 0.250 e. The van der Waals surface area contributed by atoms with Gasteiger partial charge in [0.1, 0.15) is 5.75 Å². The van der Waals surface area contributed by atoms with E-state index in [2.05, 4.69) is 0 Å². The van der Waals surface area contributed by atoms with Crippen molar-refractivity contribution in [3.8, 4) is 5.75 Å². The zero-order chi connectivity index (χ0) is 15.8. The standard InChI is InChI=1S/C18H19NO3/c1-19(16-6-4-3-5-7-16)18(20)13-10-15-8-11-17(12-9-15)22-14-21-2/h3-13H,14H2,1-2H3/b13-10+. The maximum atomic E-state index is 12.1. The lowest BCUT2D eigenvalue weighted by molar-refractivity contribution is -0.113. The number of carbonyl (C=O) groups excluding carboxylic acids is 1. The number of hydrogen-bond donors (Lipinski definition) is 0. The van der Waals surface area contributed by atoms with Crippen molar-refractivity contribution in [2.75, 3.05) is 25.9 Å². The molecule has 0 aliphatic carbocycles. The SMILES string of the molecule is COCOc1ccc(/C=C/C(=O)N(C)c2ccccc2)cc1. The summed E-state index contributed by atoms with van der Waals surface area (Å²) < 4.78 is 10.1. The number of hydrogen-bond acceptors (Lipinski definition) is 3. The molecular weight excluding hydrogens is 278 g/mol. The van der Waals surface area contributed by atoms with E-state index in [0.29, 0.717) is 0 Å². The molecule has 0 fully saturated rings. The lowest BCUT2D eigenvalue weighted by Gasteiger charge is -2.14. The Hall–Kier alpha value is -2.59. The van der Waals surface area contributed by atoms with Gasteiger partial charge in [-0.25, -0.2) is 0 Å². The molecule has 0 unspecified atom stereocenters. The number of ether oxygens (including phenoxy) is 2. The van der Waals surface area contributed by atoms with Crippen LogP contribution in [-0.4, -0.2) is 26.9 Å². The average molecular weight is 297 g/mol. The molecule has 0 spiro atoms. The lowest BCUT2D eigenvalue weighted by atomic mass is 10.2. The van der Waals surface area contributed by atoms with Crippen molar-refractivity contribution in [1.82, 2.24) is 0 Å². The molecule has 114 valence electrons. The molecule has 0 heterocycles. The van der Waals surface area contributed by atoms with Gasteiger partial charge in [0.25, 0.3) is 5.91 Å². The molecule has 4 heteroatoms. The van der Waals surface area contributed by atoms with Gasteiger partial charge in [0.15, 0.2) is 6.79 Å². The van der Waals surface area contributed by atoms with Gasteiger partial charge in [0, 0.05) is 25.9 Å². The summed E-state index contributed by atoms with van der Waals surface area (Å²) in [6.07, 6.45) is 3.33. The average Bonchev–Trinajstić information content (AvgIpc) is 2.58. The van der Waals surface area contributed by atoms with Crippen LogP contribution in [0.2, 0.25) is 0 Å². The first-order chi connectivity index (χ1) is 10.7. The molecule has 0 saturated heterocycles. The van der Waals surface area contributed by atoms with Crippen LogP contribution >= 0.6 is 0 Å². The summed E-state index contributed by atoms with van der Waals surface area (Å²) >= 11 is 0. The van der Waals surface area contributed by atoms with Crippen molar-refractivity contribution in [2.24, 2.45) is 0 Å². The Morgan fingerprint density at radius 3 is 2.41 bits per heavy atom. The summed E-state index contributed by atoms with van der Waals surface area (Å²) in [5.41, 5.74) is 1.79. The second kappa shape index (κ2) is 8.00. The van der Waals surface area contributed by atoms with Crippen molar-refractivity contribution in [1.29, 1.82) is 0 Å². The lowest BCUT2D eigenvalue weighted by Crippen LogP contribution is -2.23. The molecular formula is C18H19NO3. The highest BCUT2D eigenvalue weighted by molar-refractivity contribution is 6.03. The van der Waals surface area contributed by atoms with Crippen molar-refractivity contribution in [2.45, 2.75) is 0 Å². The Balaban J connectivity index is 1.97. The van der Waals surface area contributed by atoms with Crippen LogP contribution in [0.4, 0.5) is 5.69 Å². The number of likely N-dealkylation sites (N-methyl/N-ethyl adjacent to an activating group) is 1. The van der Waals surface area contributed by atoms with Crippen LogP contribution in [0.3, 0.4) is 0 Å². The minimum Gasteiger partial charge on any atom is -0.468 e. The minimum atomic E-state index is -0.0779. The number of rotatable bonds is 6. The number of methoxy groups -OCH3 is 1. The van der Waals surface area contributed by atoms with Crippen molar-refractivity contribution < 1.29 is 14.3 Å². The Morgan fingerprint density at radius 1 is 1.09 bits per heavy atom. The smallest absolute Gasteiger partial charge is 0.250 e. The fraction of sp³-hybridized carbons (Fsp3) is 0.167. The molecule has 0 aromatic heterocycles. The van der Waals surface area contributed by atoms with Crippen molar-refractivity contribution in [3.05, 3.63) is 66.2 Å². The second-order valence-electron chi connectivity index (χ2n) is 4.69. The van der Waals surface area contributed by atoms with E-state index in [9.17, 15) is 4.79 Å². The number of benzene rings is 2. The summed E-state index contributed by atoms with van der Waals surface area (Å²) in [5.74, 6) is 0.651. The zero-order valence-electron chi connectivity index (χ0n) is 12.7. The molecule has 0 N–H and O–H groups in total. The van der Waals surface area contributed by atoms with Crippen LogP contribution < -0.4 is 9.64 Å². The Kier molecular flexibility index (Phi) is 5.74. The quantitative estimate of drug-likeness (QED) is 0.606. The van der Waals surface area contributed by atoms with Crippen molar-refractivity contribution in [3.63, 3.8) is 0 Å². The first-order valence-electron chi connectivity index (χ1n) is 6.93. The van der Waals surface area contributed by atoms with Crippen molar-refractivity contribution >= 4 is 17.7 Å². The summed E-state index contributed by atoms with van der Waals surface area (Å²) in [5, 5.41) is 0. The molecule has 1 amide bonds. The van der Waals surface area contributed by atoms with E-state index in [1.807, 2.05) is 54.6 Å². The number of para-hydroxylation sites is 1. The first-order valence-corrected chi connectivity index (χ1v) is 6.93. The fourth-order valence-electron chi connectivity index (χ4n) is 1.86. The van der Waals surface area contributed by atoms with E-state index in [4.69, 9.17) is 9.47 Å². The first kappa shape index (κ1) is 15.8. The topological polar surface area (TPSA) is 38.8 Å². The van der Waals surface area contributed by atoms with Gasteiger partial charge in [-0.15, -0.1) is 0 Å². The number of nitrogens with zero attached hydrogens (tertiary/aromatic N) is 1. The van der Waals surface area contributed by atoms with Crippen LogP contribution in [0.1, 0.15) is 5.56 Å². The van der Waals surface area contributed by atoms with E-state index in [0.717, 1.165) is 17.0 Å². The van der Waals surface area contributed by atoms with Gasteiger partial charge in [-0.1, -0.05) is 30.3 Å². The Labute approximate surface area is 130 Å². The molecule has 0 radical (unpaired) electrons. The van der Waals surface area contributed by atoms with Gasteiger partial charge in [0.2, 0.25) is 0 Å². The largest absolute Gasteiger partial charge is 0.468 e. The molecule has 2 aromatic carbocycles. The number of carbonyl (C=O) groups is 1. The van der Waals surface area contributed by atoms with Gasteiger partial charge in [0.05, 0.1) is 0 Å². The monoisotopic (exact) mass is 297 g/mol. The van der Waals surface area contributed by atoms with Gasteiger partial charge >= 0.3 is 0 Å². The van der Waals surface area contributed by atoms with Crippen LogP contribution in [0.25, 0.3) is 6.08 Å². The molecule has 0 aliphatic heterocycles. The third kappa shape index (κ3) is 4.46. The van der Waals surface area contributed by atoms with Gasteiger partial charge in [-0.2, -0.15) is 0 Å². The molecule has 0 saturated carbocycles. The maximum absolute atomic E-state index is 12.1. The summed E-state index contributed by atoms with van der Waals surface area (Å²) in [6, 6.07) is 17.0. The number of anilines is 1. The molecule has 2 rings (SSSR count). The highest BCUT2D eigenvalue weighted by Gasteiger charge is 2.06. The Bertz CT molecular complexity index is 621. The van der Waals surface area contributed by atoms with Crippen LogP contribution in [-0.2, 0) is 9.53 Å². The molecule has 0 aliphatic rings. The summed E-state index contributed by atoms with van der Waals surface area (Å²) in [6.45, 7) is 0.218. The fourth-order valence-corrected chi connectivity index (χ4v) is 1.86. The molecule has 0 bridgehead atoms. The van der Waals surface area contributed by atoms with E-state index < -0.39 is 0 Å².